The Morgan fingerprint density at radius 2 is 1.89 bits per heavy atom. The lowest BCUT2D eigenvalue weighted by Crippen LogP contribution is -2.52. The fraction of sp³-hybridized carbons (Fsp3) is 0.353. The minimum Gasteiger partial charge on any atom is -0.305 e. The molecule has 0 aromatic heterocycles. The van der Waals surface area contributed by atoms with Crippen molar-refractivity contribution in [2.45, 2.75) is 31.7 Å². The topological polar surface area (TPSA) is 29.1 Å². The van der Waals surface area contributed by atoms with Crippen LogP contribution in [0.2, 0.25) is 0 Å². The van der Waals surface area contributed by atoms with Crippen molar-refractivity contribution in [3.05, 3.63) is 48.0 Å². The van der Waals surface area contributed by atoms with Gasteiger partial charge in [-0.05, 0) is 43.5 Å². The molecule has 0 amide bonds. The molecular formula is C17H19NO. The Balaban J connectivity index is 2.06. The summed E-state index contributed by atoms with van der Waals surface area (Å²) in [6, 6.07) is 14.1. The second kappa shape index (κ2) is 4.78. The SMILES string of the molecule is CC1(C(=O)c2cccc3ccccc23)CCCCN1. The standard InChI is InChI=1S/C17H19NO/c1-17(11-4-5-12-18-17)16(19)15-10-6-8-13-7-2-3-9-14(13)15/h2-3,6-10,18H,4-5,11-12H2,1H3. The van der Waals surface area contributed by atoms with E-state index in [-0.39, 0.29) is 5.78 Å². The molecule has 1 atom stereocenters. The van der Waals surface area contributed by atoms with Crippen molar-refractivity contribution in [2.75, 3.05) is 6.54 Å². The molecule has 1 fully saturated rings. The molecule has 1 aliphatic heterocycles. The average molecular weight is 253 g/mol. The van der Waals surface area contributed by atoms with E-state index in [0.29, 0.717) is 0 Å². The molecule has 1 N–H and O–H groups in total. The smallest absolute Gasteiger partial charge is 0.183 e. The Bertz CT molecular complexity index is 606. The van der Waals surface area contributed by atoms with Gasteiger partial charge in [0, 0.05) is 5.56 Å². The van der Waals surface area contributed by atoms with Crippen LogP contribution in [-0.4, -0.2) is 17.9 Å². The Hall–Kier alpha value is -1.67. The molecule has 2 heteroatoms. The van der Waals surface area contributed by atoms with Gasteiger partial charge in [0.05, 0.1) is 5.54 Å². The van der Waals surface area contributed by atoms with Crippen LogP contribution >= 0.6 is 0 Å². The first-order chi connectivity index (χ1) is 9.21. The quantitative estimate of drug-likeness (QED) is 0.829. The van der Waals surface area contributed by atoms with E-state index in [0.717, 1.165) is 35.7 Å². The maximum Gasteiger partial charge on any atom is 0.183 e. The van der Waals surface area contributed by atoms with Crippen LogP contribution < -0.4 is 5.32 Å². The zero-order valence-corrected chi connectivity index (χ0v) is 11.3. The summed E-state index contributed by atoms with van der Waals surface area (Å²) in [5, 5.41) is 5.60. The number of Topliss-reactive ketones (excluding diaryl/α,β-unsaturated/α-hetero) is 1. The van der Waals surface area contributed by atoms with Crippen molar-refractivity contribution >= 4 is 16.6 Å². The summed E-state index contributed by atoms with van der Waals surface area (Å²) in [6.07, 6.45) is 3.22. The number of nitrogens with one attached hydrogen (secondary N) is 1. The van der Waals surface area contributed by atoms with Gasteiger partial charge in [-0.3, -0.25) is 4.79 Å². The van der Waals surface area contributed by atoms with Crippen molar-refractivity contribution < 1.29 is 4.79 Å². The van der Waals surface area contributed by atoms with Crippen molar-refractivity contribution in [1.29, 1.82) is 0 Å². The molecular weight excluding hydrogens is 234 g/mol. The van der Waals surface area contributed by atoms with Gasteiger partial charge in [0.2, 0.25) is 0 Å². The molecule has 19 heavy (non-hydrogen) atoms. The highest BCUT2D eigenvalue weighted by Crippen LogP contribution is 2.27. The zero-order valence-electron chi connectivity index (χ0n) is 11.3. The first kappa shape index (κ1) is 12.4. The number of carbonyl (C=O) groups is 1. The summed E-state index contributed by atoms with van der Waals surface area (Å²) >= 11 is 0. The van der Waals surface area contributed by atoms with Gasteiger partial charge in [0.25, 0.3) is 0 Å². The number of hydrogen-bond acceptors (Lipinski definition) is 2. The van der Waals surface area contributed by atoms with E-state index < -0.39 is 5.54 Å². The van der Waals surface area contributed by atoms with E-state index in [2.05, 4.69) is 17.4 Å². The largest absolute Gasteiger partial charge is 0.305 e. The predicted molar refractivity (Wildman–Crippen MR) is 78.5 cm³/mol. The predicted octanol–water partition coefficient (Wildman–Crippen LogP) is 3.55. The van der Waals surface area contributed by atoms with Gasteiger partial charge in [0.1, 0.15) is 0 Å². The summed E-state index contributed by atoms with van der Waals surface area (Å²) in [6.45, 7) is 2.98. The summed E-state index contributed by atoms with van der Waals surface area (Å²) < 4.78 is 0. The third-order valence-electron chi connectivity index (χ3n) is 4.15. The second-order valence-electron chi connectivity index (χ2n) is 5.57. The van der Waals surface area contributed by atoms with Gasteiger partial charge < -0.3 is 5.32 Å². The maximum atomic E-state index is 12.9. The molecule has 1 heterocycles. The van der Waals surface area contributed by atoms with Crippen LogP contribution in [0, 0.1) is 0 Å². The first-order valence-corrected chi connectivity index (χ1v) is 6.98. The lowest BCUT2D eigenvalue weighted by molar-refractivity contribution is 0.0836. The minimum absolute atomic E-state index is 0.226. The molecule has 0 spiro atoms. The van der Waals surface area contributed by atoms with Gasteiger partial charge >= 0.3 is 0 Å². The molecule has 3 rings (SSSR count). The monoisotopic (exact) mass is 253 g/mol. The molecule has 2 aromatic carbocycles. The van der Waals surface area contributed by atoms with Crippen LogP contribution in [0.3, 0.4) is 0 Å². The lowest BCUT2D eigenvalue weighted by atomic mass is 9.82. The van der Waals surface area contributed by atoms with Crippen LogP contribution in [0.5, 0.6) is 0 Å². The van der Waals surface area contributed by atoms with E-state index >= 15 is 0 Å². The van der Waals surface area contributed by atoms with Crippen molar-refractivity contribution in [3.63, 3.8) is 0 Å². The van der Waals surface area contributed by atoms with Crippen molar-refractivity contribution in [2.24, 2.45) is 0 Å². The average Bonchev–Trinajstić information content (AvgIpc) is 2.47. The summed E-state index contributed by atoms with van der Waals surface area (Å²) in [5.41, 5.74) is 0.442. The molecule has 1 aliphatic rings. The van der Waals surface area contributed by atoms with E-state index in [4.69, 9.17) is 0 Å². The molecule has 1 saturated heterocycles. The van der Waals surface area contributed by atoms with Crippen LogP contribution in [0.4, 0.5) is 0 Å². The Morgan fingerprint density at radius 3 is 2.68 bits per heavy atom. The van der Waals surface area contributed by atoms with Gasteiger partial charge in [-0.1, -0.05) is 42.5 Å². The normalized spacial score (nSPS) is 23.4. The number of hydrogen-bond donors (Lipinski definition) is 1. The molecule has 0 aliphatic carbocycles. The Morgan fingerprint density at radius 1 is 1.11 bits per heavy atom. The summed E-state index contributed by atoms with van der Waals surface area (Å²) in [5.74, 6) is 0.226. The molecule has 2 nitrogen and oxygen atoms in total. The third-order valence-corrected chi connectivity index (χ3v) is 4.15. The van der Waals surface area contributed by atoms with Crippen LogP contribution in [0.25, 0.3) is 10.8 Å². The van der Waals surface area contributed by atoms with Gasteiger partial charge in [-0.25, -0.2) is 0 Å². The highest BCUT2D eigenvalue weighted by atomic mass is 16.1. The molecule has 2 aromatic rings. The number of fused-ring (bicyclic) bond motifs is 1. The summed E-state index contributed by atoms with van der Waals surface area (Å²) in [4.78, 5) is 12.9. The van der Waals surface area contributed by atoms with E-state index in [1.165, 1.54) is 6.42 Å². The summed E-state index contributed by atoms with van der Waals surface area (Å²) in [7, 11) is 0. The number of ketones is 1. The number of rotatable bonds is 2. The minimum atomic E-state index is -0.400. The van der Waals surface area contributed by atoms with Gasteiger partial charge in [-0.2, -0.15) is 0 Å². The van der Waals surface area contributed by atoms with Crippen molar-refractivity contribution in [1.82, 2.24) is 5.32 Å². The second-order valence-corrected chi connectivity index (χ2v) is 5.57. The number of carbonyl (C=O) groups excluding carboxylic acids is 1. The molecule has 0 saturated carbocycles. The lowest BCUT2D eigenvalue weighted by Gasteiger charge is -2.33. The number of piperidine rings is 1. The molecule has 0 radical (unpaired) electrons. The molecule has 1 unspecified atom stereocenters. The Labute approximate surface area is 113 Å². The highest BCUT2D eigenvalue weighted by Gasteiger charge is 2.35. The van der Waals surface area contributed by atoms with E-state index in [1.54, 1.807) is 0 Å². The van der Waals surface area contributed by atoms with Crippen molar-refractivity contribution in [3.8, 4) is 0 Å². The molecule has 0 bridgehead atoms. The van der Waals surface area contributed by atoms with Crippen LogP contribution in [0.15, 0.2) is 42.5 Å². The maximum absolute atomic E-state index is 12.9. The number of benzene rings is 2. The first-order valence-electron chi connectivity index (χ1n) is 6.98. The van der Waals surface area contributed by atoms with Crippen LogP contribution in [0.1, 0.15) is 36.5 Å². The third kappa shape index (κ3) is 2.17. The van der Waals surface area contributed by atoms with Gasteiger partial charge in [0.15, 0.2) is 5.78 Å². The van der Waals surface area contributed by atoms with E-state index in [1.807, 2.05) is 37.3 Å². The van der Waals surface area contributed by atoms with E-state index in [9.17, 15) is 4.79 Å². The fourth-order valence-electron chi connectivity index (χ4n) is 2.97. The fourth-order valence-corrected chi connectivity index (χ4v) is 2.97. The zero-order chi connectivity index (χ0) is 13.3. The molecule has 98 valence electrons. The van der Waals surface area contributed by atoms with Crippen LogP contribution in [-0.2, 0) is 0 Å². The van der Waals surface area contributed by atoms with Gasteiger partial charge in [-0.15, -0.1) is 0 Å². The Kier molecular flexibility index (Phi) is 3.11. The highest BCUT2D eigenvalue weighted by molar-refractivity contribution is 6.12.